The zero-order valence-electron chi connectivity index (χ0n) is 15.9. The first-order valence-electron chi connectivity index (χ1n) is 8.81. The number of hydrogen-bond acceptors (Lipinski definition) is 5. The monoisotopic (exact) mass is 374 g/mol. The predicted molar refractivity (Wildman–Crippen MR) is 101 cm³/mol. The number of amides is 2. The molecule has 0 aliphatic rings. The van der Waals surface area contributed by atoms with E-state index in [-0.39, 0.29) is 6.03 Å². The van der Waals surface area contributed by atoms with Crippen LogP contribution in [0.4, 0.5) is 4.79 Å². The molecule has 1 heterocycles. The fourth-order valence-corrected chi connectivity index (χ4v) is 2.65. The van der Waals surface area contributed by atoms with Crippen LogP contribution in [0.25, 0.3) is 0 Å². The van der Waals surface area contributed by atoms with Crippen molar-refractivity contribution in [1.82, 2.24) is 20.2 Å². The predicted octanol–water partition coefficient (Wildman–Crippen LogP) is 1.78. The summed E-state index contributed by atoms with van der Waals surface area (Å²) in [7, 11) is 2.90. The zero-order valence-corrected chi connectivity index (χ0v) is 15.9. The number of esters is 1. The molecule has 1 aromatic carbocycles. The van der Waals surface area contributed by atoms with Gasteiger partial charge in [0.1, 0.15) is 11.8 Å². The van der Waals surface area contributed by atoms with Gasteiger partial charge in [-0.25, -0.2) is 14.6 Å². The maximum atomic E-state index is 12.6. The molecule has 0 radical (unpaired) electrons. The van der Waals surface area contributed by atoms with E-state index in [1.807, 2.05) is 31.2 Å². The molecule has 0 saturated carbocycles. The molecule has 1 aromatic heterocycles. The molecule has 1 atom stereocenters. The number of aromatic amines is 1. The van der Waals surface area contributed by atoms with Gasteiger partial charge >= 0.3 is 12.0 Å². The van der Waals surface area contributed by atoms with Crippen LogP contribution in [0.1, 0.15) is 18.2 Å². The minimum Gasteiger partial charge on any atom is -0.497 e. The van der Waals surface area contributed by atoms with E-state index < -0.39 is 12.0 Å². The van der Waals surface area contributed by atoms with E-state index in [1.165, 1.54) is 7.11 Å². The number of aromatic nitrogens is 2. The van der Waals surface area contributed by atoms with E-state index in [0.29, 0.717) is 25.9 Å². The van der Waals surface area contributed by atoms with Gasteiger partial charge in [0.2, 0.25) is 0 Å². The van der Waals surface area contributed by atoms with E-state index in [1.54, 1.807) is 24.5 Å². The molecule has 0 saturated heterocycles. The number of benzene rings is 1. The van der Waals surface area contributed by atoms with Crippen LogP contribution in [-0.4, -0.2) is 60.2 Å². The summed E-state index contributed by atoms with van der Waals surface area (Å²) in [4.78, 5) is 33.4. The van der Waals surface area contributed by atoms with Crippen molar-refractivity contribution in [3.05, 3.63) is 48.0 Å². The third kappa shape index (κ3) is 6.02. The van der Waals surface area contributed by atoms with Gasteiger partial charge in [-0.3, -0.25) is 0 Å². The summed E-state index contributed by atoms with van der Waals surface area (Å²) in [5.74, 6) is 0.246. The highest BCUT2D eigenvalue weighted by Gasteiger charge is 2.24. The number of nitrogens with zero attached hydrogens (tertiary/aromatic N) is 2. The number of rotatable bonds is 9. The molecule has 8 nitrogen and oxygen atoms in total. The Bertz CT molecular complexity index is 716. The Hall–Kier alpha value is -3.03. The van der Waals surface area contributed by atoms with Gasteiger partial charge in [0.25, 0.3) is 0 Å². The number of imidazole rings is 1. The van der Waals surface area contributed by atoms with Crippen molar-refractivity contribution < 1.29 is 19.1 Å². The number of likely N-dealkylation sites (N-methyl/N-ethyl adjacent to an activating group) is 1. The van der Waals surface area contributed by atoms with Crippen molar-refractivity contribution in [3.8, 4) is 5.75 Å². The highest BCUT2D eigenvalue weighted by atomic mass is 16.5. The first kappa shape index (κ1) is 20.3. The van der Waals surface area contributed by atoms with Crippen molar-refractivity contribution in [1.29, 1.82) is 0 Å². The van der Waals surface area contributed by atoms with Crippen LogP contribution < -0.4 is 10.1 Å². The van der Waals surface area contributed by atoms with Crippen molar-refractivity contribution in [2.24, 2.45) is 0 Å². The molecule has 2 rings (SSSR count). The van der Waals surface area contributed by atoms with Gasteiger partial charge in [-0.1, -0.05) is 12.1 Å². The number of methoxy groups -OCH3 is 2. The summed E-state index contributed by atoms with van der Waals surface area (Å²) in [6, 6.07) is 6.26. The minimum absolute atomic E-state index is 0.308. The lowest BCUT2D eigenvalue weighted by molar-refractivity contribution is -0.142. The van der Waals surface area contributed by atoms with Gasteiger partial charge in [0.15, 0.2) is 0 Å². The number of ether oxygens (including phenoxy) is 2. The molecule has 0 aliphatic carbocycles. The normalized spacial score (nSPS) is 11.5. The Kier molecular flexibility index (Phi) is 7.66. The van der Waals surface area contributed by atoms with Crippen LogP contribution in [0, 0.1) is 0 Å². The maximum Gasteiger partial charge on any atom is 0.328 e. The Labute approximate surface area is 158 Å². The van der Waals surface area contributed by atoms with Crippen LogP contribution in [0.5, 0.6) is 5.75 Å². The van der Waals surface area contributed by atoms with E-state index in [9.17, 15) is 9.59 Å². The third-order valence-corrected chi connectivity index (χ3v) is 4.24. The number of carbonyl (C=O) groups excluding carboxylic acids is 2. The fraction of sp³-hybridized carbons (Fsp3) is 0.421. The van der Waals surface area contributed by atoms with Crippen molar-refractivity contribution in [2.45, 2.75) is 25.8 Å². The van der Waals surface area contributed by atoms with Crippen LogP contribution in [0.3, 0.4) is 0 Å². The Morgan fingerprint density at radius 1 is 1.26 bits per heavy atom. The summed E-state index contributed by atoms with van der Waals surface area (Å²) < 4.78 is 9.99. The lowest BCUT2D eigenvalue weighted by Gasteiger charge is -2.24. The first-order chi connectivity index (χ1) is 13.1. The Balaban J connectivity index is 1.99. The average Bonchev–Trinajstić information content (AvgIpc) is 3.21. The summed E-state index contributed by atoms with van der Waals surface area (Å²) in [5, 5.41) is 2.78. The highest BCUT2D eigenvalue weighted by Crippen LogP contribution is 2.13. The average molecular weight is 374 g/mol. The SMILES string of the molecule is CCN(CCc1c[nH]cn1)C(=O)NC(Cc1ccc(OC)cc1)C(=O)OC. The maximum absolute atomic E-state index is 12.6. The van der Waals surface area contributed by atoms with Crippen molar-refractivity contribution in [2.75, 3.05) is 27.3 Å². The van der Waals surface area contributed by atoms with Gasteiger partial charge in [-0.05, 0) is 24.6 Å². The topological polar surface area (TPSA) is 96.5 Å². The third-order valence-electron chi connectivity index (χ3n) is 4.24. The smallest absolute Gasteiger partial charge is 0.328 e. The van der Waals surface area contributed by atoms with Gasteiger partial charge in [-0.2, -0.15) is 0 Å². The summed E-state index contributed by atoms with van der Waals surface area (Å²) >= 11 is 0. The minimum atomic E-state index is -0.768. The molecule has 8 heteroatoms. The van der Waals surface area contributed by atoms with Gasteiger partial charge < -0.3 is 24.7 Å². The van der Waals surface area contributed by atoms with Crippen LogP contribution in [0.15, 0.2) is 36.8 Å². The lowest BCUT2D eigenvalue weighted by Crippen LogP contribution is -2.49. The van der Waals surface area contributed by atoms with Gasteiger partial charge in [0, 0.05) is 32.1 Å². The highest BCUT2D eigenvalue weighted by molar-refractivity contribution is 5.83. The second-order valence-corrected chi connectivity index (χ2v) is 5.97. The fourth-order valence-electron chi connectivity index (χ4n) is 2.65. The van der Waals surface area contributed by atoms with E-state index in [0.717, 1.165) is 17.0 Å². The van der Waals surface area contributed by atoms with Crippen molar-refractivity contribution >= 4 is 12.0 Å². The number of nitrogens with one attached hydrogen (secondary N) is 2. The van der Waals surface area contributed by atoms with Crippen molar-refractivity contribution in [3.63, 3.8) is 0 Å². The molecule has 2 amide bonds. The first-order valence-corrected chi connectivity index (χ1v) is 8.81. The van der Waals surface area contributed by atoms with E-state index >= 15 is 0 Å². The second kappa shape index (κ2) is 10.2. The lowest BCUT2D eigenvalue weighted by atomic mass is 10.1. The molecule has 2 N–H and O–H groups in total. The quantitative estimate of drug-likeness (QED) is 0.652. The van der Waals surface area contributed by atoms with Crippen LogP contribution >= 0.6 is 0 Å². The molecule has 2 aromatic rings. The molecule has 0 fully saturated rings. The molecule has 0 aliphatic heterocycles. The standard InChI is InChI=1S/C19H26N4O4/c1-4-23(10-9-15-12-20-13-21-15)19(25)22-17(18(24)27-3)11-14-5-7-16(26-2)8-6-14/h5-8,12-13,17H,4,9-11H2,1-3H3,(H,20,21)(H,22,25). The van der Waals surface area contributed by atoms with Gasteiger partial charge in [-0.15, -0.1) is 0 Å². The van der Waals surface area contributed by atoms with Gasteiger partial charge in [0.05, 0.1) is 26.2 Å². The Morgan fingerprint density at radius 3 is 2.56 bits per heavy atom. The summed E-state index contributed by atoms with van der Waals surface area (Å²) in [5.41, 5.74) is 1.77. The Morgan fingerprint density at radius 2 is 2.00 bits per heavy atom. The number of hydrogen-bond donors (Lipinski definition) is 2. The summed E-state index contributed by atoms with van der Waals surface area (Å²) in [6.45, 7) is 2.91. The summed E-state index contributed by atoms with van der Waals surface area (Å²) in [6.07, 6.45) is 4.37. The molecular formula is C19H26N4O4. The number of H-pyrrole nitrogens is 1. The molecule has 27 heavy (non-hydrogen) atoms. The molecule has 0 spiro atoms. The van der Waals surface area contributed by atoms with Crippen LogP contribution in [-0.2, 0) is 22.4 Å². The largest absolute Gasteiger partial charge is 0.497 e. The van der Waals surface area contributed by atoms with E-state index in [2.05, 4.69) is 15.3 Å². The molecule has 1 unspecified atom stereocenters. The second-order valence-electron chi connectivity index (χ2n) is 5.97. The molecule has 146 valence electrons. The number of carbonyl (C=O) groups is 2. The molecular weight excluding hydrogens is 348 g/mol. The zero-order chi connectivity index (χ0) is 19.6. The van der Waals surface area contributed by atoms with E-state index in [4.69, 9.17) is 9.47 Å². The number of urea groups is 1. The molecule has 0 bridgehead atoms. The van der Waals surface area contributed by atoms with Crippen LogP contribution in [0.2, 0.25) is 0 Å².